The molecular weight excluding hydrogens is 278 g/mol. The van der Waals surface area contributed by atoms with Crippen LogP contribution in [0.2, 0.25) is 0 Å². The van der Waals surface area contributed by atoms with Crippen molar-refractivity contribution in [2.45, 2.75) is 12.2 Å². The molecule has 9 heteroatoms. The molecule has 0 radical (unpaired) electrons. The first-order chi connectivity index (χ1) is 10.1. The Bertz CT molecular complexity index is 729. The maximum absolute atomic E-state index is 11.0. The van der Waals surface area contributed by atoms with Crippen molar-refractivity contribution in [1.82, 2.24) is 4.98 Å². The Labute approximate surface area is 118 Å². The minimum Gasteiger partial charge on any atom is -0.390 e. The van der Waals surface area contributed by atoms with Crippen LogP contribution in [0.4, 0.5) is 5.69 Å². The number of nitrogens with zero attached hydrogens (tertiary/aromatic N) is 5. The van der Waals surface area contributed by atoms with Gasteiger partial charge in [0.05, 0.1) is 23.0 Å². The van der Waals surface area contributed by atoms with Gasteiger partial charge in [0.25, 0.3) is 5.69 Å². The first-order valence-electron chi connectivity index (χ1n) is 5.94. The third-order valence-electron chi connectivity index (χ3n) is 3.04. The fourth-order valence-corrected chi connectivity index (χ4v) is 2.04. The van der Waals surface area contributed by atoms with Crippen LogP contribution in [0.25, 0.3) is 21.2 Å². The zero-order valence-electron chi connectivity index (χ0n) is 10.7. The van der Waals surface area contributed by atoms with E-state index in [1.165, 1.54) is 30.6 Å². The number of benzene rings is 1. The molecule has 0 bridgehead atoms. The Kier molecular flexibility index (Phi) is 4.29. The van der Waals surface area contributed by atoms with Crippen LogP contribution in [-0.4, -0.2) is 32.8 Å². The van der Waals surface area contributed by atoms with Gasteiger partial charge in [-0.15, -0.1) is 0 Å². The van der Waals surface area contributed by atoms with Crippen molar-refractivity contribution >= 4 is 16.5 Å². The molecule has 0 aliphatic carbocycles. The minimum absolute atomic E-state index is 0.140. The minimum atomic E-state index is -1.33. The molecule has 0 saturated carbocycles. The summed E-state index contributed by atoms with van der Waals surface area (Å²) in [6, 6.07) is 4.12. The molecule has 0 fully saturated rings. The van der Waals surface area contributed by atoms with Crippen LogP contribution in [0.15, 0.2) is 35.7 Å². The van der Waals surface area contributed by atoms with Crippen LogP contribution in [0.5, 0.6) is 0 Å². The Balaban J connectivity index is 2.53. The van der Waals surface area contributed by atoms with Crippen LogP contribution in [-0.2, 0) is 0 Å². The second-order valence-corrected chi connectivity index (χ2v) is 4.28. The highest BCUT2D eigenvalue weighted by Crippen LogP contribution is 2.32. The number of hydrogen-bond acceptors (Lipinski definition) is 6. The van der Waals surface area contributed by atoms with Crippen molar-refractivity contribution in [3.63, 3.8) is 0 Å². The van der Waals surface area contributed by atoms with Gasteiger partial charge in [0.15, 0.2) is 0 Å². The highest BCUT2D eigenvalue weighted by molar-refractivity contribution is 5.92. The van der Waals surface area contributed by atoms with E-state index < -0.39 is 17.1 Å². The van der Waals surface area contributed by atoms with Crippen LogP contribution >= 0.6 is 0 Å². The molecule has 0 aliphatic rings. The first-order valence-corrected chi connectivity index (χ1v) is 5.94. The summed E-state index contributed by atoms with van der Waals surface area (Å²) in [5.74, 6) is 0. The van der Waals surface area contributed by atoms with Gasteiger partial charge in [0.1, 0.15) is 6.10 Å². The lowest BCUT2D eigenvalue weighted by Crippen LogP contribution is -2.21. The van der Waals surface area contributed by atoms with Gasteiger partial charge in [0, 0.05) is 23.4 Å². The molecule has 0 saturated heterocycles. The normalized spacial score (nSPS) is 13.4. The number of rotatable bonds is 5. The molecule has 2 unspecified atom stereocenters. The molecule has 21 heavy (non-hydrogen) atoms. The monoisotopic (exact) mass is 289 g/mol. The topological polar surface area (TPSA) is 145 Å². The summed E-state index contributed by atoms with van der Waals surface area (Å²) in [4.78, 5) is 16.8. The van der Waals surface area contributed by atoms with Gasteiger partial charge < -0.3 is 10.2 Å². The Morgan fingerprint density at radius 1 is 1.38 bits per heavy atom. The molecule has 108 valence electrons. The van der Waals surface area contributed by atoms with Crippen LogP contribution in [0.3, 0.4) is 0 Å². The lowest BCUT2D eigenvalue weighted by Gasteiger charge is -2.18. The first kappa shape index (κ1) is 14.7. The van der Waals surface area contributed by atoms with Gasteiger partial charge in [-0.25, -0.2) is 0 Å². The van der Waals surface area contributed by atoms with Crippen molar-refractivity contribution in [1.29, 1.82) is 0 Å². The fraction of sp³-hybridized carbons (Fsp3) is 0.250. The third kappa shape index (κ3) is 2.90. The molecule has 1 heterocycles. The number of aliphatic hydroxyl groups excluding tert-OH is 2. The Morgan fingerprint density at radius 2 is 2.14 bits per heavy atom. The summed E-state index contributed by atoms with van der Waals surface area (Å²) >= 11 is 0. The number of azide groups is 1. The molecule has 2 rings (SSSR count). The summed E-state index contributed by atoms with van der Waals surface area (Å²) < 4.78 is 0. The summed E-state index contributed by atoms with van der Waals surface area (Å²) in [5.41, 5.74) is 8.38. The second-order valence-electron chi connectivity index (χ2n) is 4.28. The largest absolute Gasteiger partial charge is 0.390 e. The standard InChI is InChI=1S/C12H11N5O4/c13-16-15-6-11(18)12(19)8-1-2-10(17(20)21)9-5-14-4-3-7(8)9/h1-5,11-12,18-19H,6H2. The van der Waals surface area contributed by atoms with Gasteiger partial charge in [-0.05, 0) is 28.6 Å². The maximum atomic E-state index is 11.0. The molecule has 1 aromatic heterocycles. The number of aromatic nitrogens is 1. The summed E-state index contributed by atoms with van der Waals surface area (Å²) in [6.45, 7) is -0.304. The van der Waals surface area contributed by atoms with Crippen molar-refractivity contribution in [3.05, 3.63) is 56.7 Å². The molecule has 2 N–H and O–H groups in total. The Morgan fingerprint density at radius 3 is 2.81 bits per heavy atom. The average molecular weight is 289 g/mol. The molecule has 0 spiro atoms. The van der Waals surface area contributed by atoms with Crippen molar-refractivity contribution in [3.8, 4) is 0 Å². The predicted octanol–water partition coefficient (Wildman–Crippen LogP) is 1.85. The van der Waals surface area contributed by atoms with E-state index in [1.807, 2.05) is 0 Å². The SMILES string of the molecule is [N-]=[N+]=NCC(O)C(O)c1ccc([N+](=O)[O-])c2cnccc12. The van der Waals surface area contributed by atoms with Gasteiger partial charge in [-0.1, -0.05) is 5.11 Å². The maximum Gasteiger partial charge on any atom is 0.278 e. The van der Waals surface area contributed by atoms with Crippen molar-refractivity contribution in [2.24, 2.45) is 5.11 Å². The van der Waals surface area contributed by atoms with E-state index in [2.05, 4.69) is 15.0 Å². The number of nitro benzene ring substituents is 1. The van der Waals surface area contributed by atoms with Gasteiger partial charge in [-0.3, -0.25) is 15.1 Å². The van der Waals surface area contributed by atoms with Gasteiger partial charge in [0.2, 0.25) is 0 Å². The van der Waals surface area contributed by atoms with Gasteiger partial charge in [-0.2, -0.15) is 0 Å². The van der Waals surface area contributed by atoms with Gasteiger partial charge >= 0.3 is 0 Å². The van der Waals surface area contributed by atoms with Crippen molar-refractivity contribution in [2.75, 3.05) is 6.54 Å². The average Bonchev–Trinajstić information content (AvgIpc) is 2.50. The number of nitro groups is 1. The summed E-state index contributed by atoms with van der Waals surface area (Å²) in [5, 5.41) is 34.7. The second kappa shape index (κ2) is 6.14. The molecule has 9 nitrogen and oxygen atoms in total. The summed E-state index contributed by atoms with van der Waals surface area (Å²) in [7, 11) is 0. The molecule has 0 amide bonds. The van der Waals surface area contributed by atoms with Crippen molar-refractivity contribution < 1.29 is 15.1 Å². The smallest absolute Gasteiger partial charge is 0.278 e. The molecule has 0 aliphatic heterocycles. The van der Waals surface area contributed by atoms with E-state index in [4.69, 9.17) is 5.53 Å². The zero-order chi connectivity index (χ0) is 15.4. The molecule has 1 aromatic carbocycles. The predicted molar refractivity (Wildman–Crippen MR) is 73.4 cm³/mol. The number of aliphatic hydroxyl groups is 2. The highest BCUT2D eigenvalue weighted by Gasteiger charge is 2.23. The van der Waals surface area contributed by atoms with Crippen LogP contribution in [0.1, 0.15) is 11.7 Å². The summed E-state index contributed by atoms with van der Waals surface area (Å²) in [6.07, 6.45) is 0.117. The third-order valence-corrected chi connectivity index (χ3v) is 3.04. The zero-order valence-corrected chi connectivity index (χ0v) is 10.7. The number of non-ortho nitro benzene ring substituents is 1. The molecule has 2 aromatic rings. The quantitative estimate of drug-likeness (QED) is 0.283. The van der Waals surface area contributed by atoms with E-state index in [9.17, 15) is 20.3 Å². The van der Waals surface area contributed by atoms with E-state index in [-0.39, 0.29) is 17.6 Å². The fourth-order valence-electron chi connectivity index (χ4n) is 2.04. The molecular formula is C12H11N5O4. The lowest BCUT2D eigenvalue weighted by atomic mass is 9.97. The lowest BCUT2D eigenvalue weighted by molar-refractivity contribution is -0.383. The highest BCUT2D eigenvalue weighted by atomic mass is 16.6. The van der Waals surface area contributed by atoms with E-state index in [1.54, 1.807) is 0 Å². The number of fused-ring (bicyclic) bond motifs is 1. The van der Waals surface area contributed by atoms with E-state index >= 15 is 0 Å². The Hall–Kier alpha value is -2.74. The molecule has 2 atom stereocenters. The van der Waals surface area contributed by atoms with E-state index in [0.29, 0.717) is 10.9 Å². The number of pyridine rings is 1. The van der Waals surface area contributed by atoms with Crippen LogP contribution in [0, 0.1) is 10.1 Å². The van der Waals surface area contributed by atoms with Crippen LogP contribution < -0.4 is 0 Å². The number of hydrogen-bond donors (Lipinski definition) is 2. The van der Waals surface area contributed by atoms with E-state index in [0.717, 1.165) is 0 Å².